The highest BCUT2D eigenvalue weighted by Crippen LogP contribution is 2.48. The van der Waals surface area contributed by atoms with Crippen molar-refractivity contribution < 1.29 is 12.8 Å². The smallest absolute Gasteiger partial charge is 0.206 e. The lowest BCUT2D eigenvalue weighted by molar-refractivity contribution is 0.596. The second-order valence-corrected chi connectivity index (χ2v) is 14.8. The molecule has 0 N–H and O–H groups in total. The summed E-state index contributed by atoms with van der Waals surface area (Å²) in [5.74, 6) is 0. The van der Waals surface area contributed by atoms with Crippen LogP contribution in [-0.2, 0) is 9.84 Å². The predicted molar refractivity (Wildman–Crippen MR) is 199 cm³/mol. The summed E-state index contributed by atoms with van der Waals surface area (Å²) >= 11 is 0. The van der Waals surface area contributed by atoms with Gasteiger partial charge in [-0.1, -0.05) is 60.7 Å². The van der Waals surface area contributed by atoms with Crippen LogP contribution in [0.3, 0.4) is 0 Å². The molecule has 0 unspecified atom stereocenters. The summed E-state index contributed by atoms with van der Waals surface area (Å²) in [4.78, 5) is 0.337. The van der Waals surface area contributed by atoms with Gasteiger partial charge in [-0.05, 0) is 78.9 Å². The molecular weight excluding hydrogens is 639 g/mol. The van der Waals surface area contributed by atoms with E-state index in [2.05, 4.69) is 81.8 Å². The second-order valence-electron chi connectivity index (χ2n) is 12.8. The molecule has 0 atom stereocenters. The van der Waals surface area contributed by atoms with Gasteiger partial charge in [-0.3, -0.25) is 0 Å². The lowest BCUT2D eigenvalue weighted by atomic mass is 10.0. The third-order valence-corrected chi connectivity index (χ3v) is 12.1. The number of hydrogen-bond donors (Lipinski definition) is 0. The molecule has 50 heavy (non-hydrogen) atoms. The molecule has 11 rings (SSSR count). The molecule has 4 heterocycles. The van der Waals surface area contributed by atoms with Gasteiger partial charge in [-0.15, -0.1) is 0 Å². The van der Waals surface area contributed by atoms with E-state index in [1.807, 2.05) is 36.4 Å². The maximum atomic E-state index is 13.6. The first kappa shape index (κ1) is 27.3. The normalized spacial score (nSPS) is 12.5. The van der Waals surface area contributed by atoms with Gasteiger partial charge in [0.2, 0.25) is 9.84 Å². The number of aromatic nitrogens is 2. The number of nitrogens with zero attached hydrogens (tertiary/aromatic N) is 3. The Balaban J connectivity index is 1.31. The Hall–Kier alpha value is -6.62. The molecule has 0 saturated carbocycles. The zero-order valence-corrected chi connectivity index (χ0v) is 27.1. The summed E-state index contributed by atoms with van der Waals surface area (Å²) < 4.78 is 38.7. The number of rotatable bonds is 3. The largest absolute Gasteiger partial charge is 0.455 e. The molecule has 4 aromatic heterocycles. The van der Waals surface area contributed by atoms with Crippen LogP contribution >= 0.6 is 0 Å². The van der Waals surface area contributed by atoms with E-state index >= 15 is 0 Å². The summed E-state index contributed by atoms with van der Waals surface area (Å²) in [6, 6.07) is 47.1. The van der Waals surface area contributed by atoms with Crippen molar-refractivity contribution in [2.45, 2.75) is 9.79 Å². The van der Waals surface area contributed by atoms with Crippen LogP contribution < -0.4 is 0 Å². The van der Waals surface area contributed by atoms with E-state index in [0.29, 0.717) is 5.56 Å². The van der Waals surface area contributed by atoms with Crippen molar-refractivity contribution in [3.05, 3.63) is 145 Å². The van der Waals surface area contributed by atoms with Crippen molar-refractivity contribution in [1.29, 1.82) is 5.26 Å². The van der Waals surface area contributed by atoms with Gasteiger partial charge in [0.25, 0.3) is 0 Å². The summed E-state index contributed by atoms with van der Waals surface area (Å²) in [5.41, 5.74) is 8.33. The van der Waals surface area contributed by atoms with Crippen molar-refractivity contribution in [2.75, 3.05) is 0 Å². The van der Waals surface area contributed by atoms with Gasteiger partial charge in [0.1, 0.15) is 11.2 Å². The second kappa shape index (κ2) is 9.50. The van der Waals surface area contributed by atoms with Crippen LogP contribution in [0.15, 0.2) is 154 Å². The summed E-state index contributed by atoms with van der Waals surface area (Å²) in [5, 5.41) is 18.0. The minimum atomic E-state index is -3.79. The Labute approximate surface area is 284 Å². The topological polar surface area (TPSA) is 80.4 Å². The Morgan fingerprint density at radius 3 is 1.92 bits per heavy atom. The lowest BCUT2D eigenvalue weighted by Crippen LogP contribution is -2.03. The highest BCUT2D eigenvalue weighted by atomic mass is 32.2. The third kappa shape index (κ3) is 3.38. The first-order chi connectivity index (χ1) is 24.5. The predicted octanol–water partition coefficient (Wildman–Crippen LogP) is 10.5. The van der Waals surface area contributed by atoms with Crippen LogP contribution in [0.25, 0.3) is 87.5 Å². The first-order valence-corrected chi connectivity index (χ1v) is 17.8. The first-order valence-electron chi connectivity index (χ1n) is 16.3. The maximum absolute atomic E-state index is 13.6. The van der Waals surface area contributed by atoms with E-state index in [1.165, 1.54) is 35.0 Å². The van der Waals surface area contributed by atoms with Gasteiger partial charge >= 0.3 is 0 Å². The number of sulfone groups is 1. The van der Waals surface area contributed by atoms with Crippen molar-refractivity contribution >= 4 is 91.7 Å². The van der Waals surface area contributed by atoms with Gasteiger partial charge in [0, 0.05) is 48.8 Å². The molecule has 7 aromatic carbocycles. The van der Waals surface area contributed by atoms with Gasteiger partial charge in [-0.2, -0.15) is 5.26 Å². The number of para-hydroxylation sites is 3. The van der Waals surface area contributed by atoms with Crippen molar-refractivity contribution in [1.82, 2.24) is 8.97 Å². The molecule has 0 aliphatic rings. The van der Waals surface area contributed by atoms with Crippen molar-refractivity contribution in [2.24, 2.45) is 0 Å². The average Bonchev–Trinajstić information content (AvgIpc) is 3.78. The van der Waals surface area contributed by atoms with Crippen LogP contribution in [-0.4, -0.2) is 17.4 Å². The van der Waals surface area contributed by atoms with Crippen LogP contribution in [0.5, 0.6) is 0 Å². The average molecular weight is 662 g/mol. The molecule has 0 amide bonds. The molecule has 11 aromatic rings. The number of hydrogen-bond acceptors (Lipinski definition) is 4. The van der Waals surface area contributed by atoms with E-state index in [4.69, 9.17) is 4.42 Å². The quantitative estimate of drug-likeness (QED) is 0.189. The zero-order chi connectivity index (χ0) is 33.3. The van der Waals surface area contributed by atoms with Crippen LogP contribution in [0.4, 0.5) is 0 Å². The molecule has 0 bridgehead atoms. The number of nitriles is 1. The van der Waals surface area contributed by atoms with Crippen LogP contribution in [0.1, 0.15) is 5.56 Å². The Morgan fingerprint density at radius 2 is 1.18 bits per heavy atom. The van der Waals surface area contributed by atoms with Crippen LogP contribution in [0.2, 0.25) is 0 Å². The van der Waals surface area contributed by atoms with E-state index < -0.39 is 9.84 Å². The Bertz CT molecular complexity index is 3380. The highest BCUT2D eigenvalue weighted by Gasteiger charge is 2.26. The molecule has 0 spiro atoms. The van der Waals surface area contributed by atoms with Crippen molar-refractivity contribution in [3.63, 3.8) is 0 Å². The molecule has 0 aliphatic heterocycles. The molecule has 0 radical (unpaired) electrons. The third-order valence-electron chi connectivity index (χ3n) is 10.3. The molecule has 0 aliphatic carbocycles. The molecule has 6 nitrogen and oxygen atoms in total. The van der Waals surface area contributed by atoms with Gasteiger partial charge in [0.15, 0.2) is 0 Å². The van der Waals surface area contributed by atoms with E-state index in [9.17, 15) is 13.7 Å². The fourth-order valence-electron chi connectivity index (χ4n) is 8.17. The van der Waals surface area contributed by atoms with Gasteiger partial charge < -0.3 is 13.4 Å². The van der Waals surface area contributed by atoms with E-state index in [1.54, 1.807) is 12.1 Å². The van der Waals surface area contributed by atoms with Crippen LogP contribution in [0, 0.1) is 11.3 Å². The lowest BCUT2D eigenvalue weighted by Gasteiger charge is -2.11. The monoisotopic (exact) mass is 661 g/mol. The molecule has 0 saturated heterocycles. The number of benzene rings is 7. The maximum Gasteiger partial charge on any atom is 0.206 e. The summed E-state index contributed by atoms with van der Waals surface area (Å²) in [6.07, 6.45) is 0. The van der Waals surface area contributed by atoms with E-state index in [-0.39, 0.29) is 9.79 Å². The minimum absolute atomic E-state index is 0.149. The zero-order valence-electron chi connectivity index (χ0n) is 26.3. The Kier molecular flexibility index (Phi) is 5.20. The SMILES string of the molecule is N#Cc1ccc(S(=O)(=O)c2ccc(-n3c4cc5c6ccccc6oc5c5c6ccccc6n6c7ccccc7c7ccc3c(c54)c76)cc2)cc1. The summed E-state index contributed by atoms with van der Waals surface area (Å²) in [7, 11) is -3.79. The number of furan rings is 1. The fourth-order valence-corrected chi connectivity index (χ4v) is 9.43. The summed E-state index contributed by atoms with van der Waals surface area (Å²) in [6.45, 7) is 0. The standard InChI is InChI=1S/C43H23N3O3S/c44-24-25-13-17-27(18-14-25)50(47,48)28-19-15-26(16-20-28)45-36-22-21-31-29-7-1-4-10-34(29)46-35-11-5-2-9-32(35)39-40(41(36)42(31)46)37(45)23-33-30-8-3-6-12-38(30)49-43(33)39/h1-23H. The number of fused-ring (bicyclic) bond motifs is 10. The Morgan fingerprint density at radius 1 is 0.540 bits per heavy atom. The van der Waals surface area contributed by atoms with Gasteiger partial charge in [-0.25, -0.2) is 8.42 Å². The minimum Gasteiger partial charge on any atom is -0.455 e. The highest BCUT2D eigenvalue weighted by molar-refractivity contribution is 7.91. The molecule has 0 fully saturated rings. The van der Waals surface area contributed by atoms with Gasteiger partial charge in [0.05, 0.1) is 49.0 Å². The molecule has 234 valence electrons. The molecule has 7 heteroatoms. The fraction of sp³-hybridized carbons (Fsp3) is 0. The van der Waals surface area contributed by atoms with Crippen molar-refractivity contribution in [3.8, 4) is 11.8 Å². The molecular formula is C43H23N3O3S. The van der Waals surface area contributed by atoms with E-state index in [0.717, 1.165) is 76.8 Å².